The molecule has 0 bridgehead atoms. The van der Waals surface area contributed by atoms with Gasteiger partial charge < -0.3 is 10.6 Å². The van der Waals surface area contributed by atoms with E-state index in [0.717, 1.165) is 36.0 Å². The van der Waals surface area contributed by atoms with Gasteiger partial charge in [0.25, 0.3) is 0 Å². The Morgan fingerprint density at radius 2 is 2.14 bits per heavy atom. The molecule has 2 rings (SSSR count). The predicted molar refractivity (Wildman–Crippen MR) is 84.5 cm³/mol. The zero-order valence-corrected chi connectivity index (χ0v) is 13.7. The quantitative estimate of drug-likeness (QED) is 0.845. The standard InChI is InChI=1S/C15H21BrFN3O/c1-18-15(21)10-20-6-4-13(5-7-20)19-9-11-8-12(17)2-3-14(11)16/h2-3,8,13,19H,4-7,9-10H2,1H3,(H,18,21). The Labute approximate surface area is 133 Å². The summed E-state index contributed by atoms with van der Waals surface area (Å²) in [5, 5.41) is 6.11. The molecule has 0 atom stereocenters. The third-order valence-electron chi connectivity index (χ3n) is 3.82. The molecule has 1 aliphatic heterocycles. The fourth-order valence-electron chi connectivity index (χ4n) is 2.51. The number of rotatable bonds is 5. The van der Waals surface area contributed by atoms with E-state index in [9.17, 15) is 9.18 Å². The molecule has 2 N–H and O–H groups in total. The number of benzene rings is 1. The second-order valence-electron chi connectivity index (χ2n) is 5.34. The lowest BCUT2D eigenvalue weighted by Gasteiger charge is -2.32. The maximum Gasteiger partial charge on any atom is 0.233 e. The van der Waals surface area contributed by atoms with Crippen LogP contribution in [0.15, 0.2) is 22.7 Å². The van der Waals surface area contributed by atoms with Crippen LogP contribution in [-0.2, 0) is 11.3 Å². The van der Waals surface area contributed by atoms with Gasteiger partial charge in [-0.3, -0.25) is 9.69 Å². The van der Waals surface area contributed by atoms with Gasteiger partial charge in [0, 0.05) is 37.2 Å². The average Bonchev–Trinajstić information content (AvgIpc) is 2.49. The van der Waals surface area contributed by atoms with Crippen molar-refractivity contribution < 1.29 is 9.18 Å². The van der Waals surface area contributed by atoms with Crippen molar-refractivity contribution >= 4 is 21.8 Å². The third-order valence-corrected chi connectivity index (χ3v) is 4.60. The highest BCUT2D eigenvalue weighted by Crippen LogP contribution is 2.18. The number of piperidine rings is 1. The molecular weight excluding hydrogens is 337 g/mol. The van der Waals surface area contributed by atoms with E-state index in [1.54, 1.807) is 19.2 Å². The molecular formula is C15H21BrFN3O. The van der Waals surface area contributed by atoms with Crippen molar-refractivity contribution in [1.29, 1.82) is 0 Å². The highest BCUT2D eigenvalue weighted by atomic mass is 79.9. The average molecular weight is 358 g/mol. The van der Waals surface area contributed by atoms with Crippen molar-refractivity contribution in [3.8, 4) is 0 Å². The minimum absolute atomic E-state index is 0.0603. The Bertz CT molecular complexity index is 490. The Kier molecular flexibility index (Phi) is 6.14. The molecule has 1 aliphatic rings. The Morgan fingerprint density at radius 1 is 1.43 bits per heavy atom. The Hall–Kier alpha value is -0.980. The van der Waals surface area contributed by atoms with Crippen LogP contribution < -0.4 is 10.6 Å². The van der Waals surface area contributed by atoms with Crippen molar-refractivity contribution in [2.24, 2.45) is 0 Å². The zero-order chi connectivity index (χ0) is 15.2. The van der Waals surface area contributed by atoms with E-state index >= 15 is 0 Å². The van der Waals surface area contributed by atoms with Gasteiger partial charge in [0.2, 0.25) is 5.91 Å². The van der Waals surface area contributed by atoms with E-state index in [-0.39, 0.29) is 11.7 Å². The number of likely N-dealkylation sites (tertiary alicyclic amines) is 1. The second kappa shape index (κ2) is 7.87. The number of carbonyl (C=O) groups excluding carboxylic acids is 1. The fraction of sp³-hybridized carbons (Fsp3) is 0.533. The first-order valence-electron chi connectivity index (χ1n) is 7.18. The Morgan fingerprint density at radius 3 is 2.81 bits per heavy atom. The van der Waals surface area contributed by atoms with Gasteiger partial charge in [0.05, 0.1) is 6.54 Å². The Balaban J connectivity index is 1.76. The molecule has 0 radical (unpaired) electrons. The lowest BCUT2D eigenvalue weighted by Crippen LogP contribution is -2.45. The maximum atomic E-state index is 13.2. The molecule has 1 heterocycles. The maximum absolute atomic E-state index is 13.2. The van der Waals surface area contributed by atoms with Crippen molar-refractivity contribution in [3.63, 3.8) is 0 Å². The van der Waals surface area contributed by atoms with E-state index < -0.39 is 0 Å². The molecule has 21 heavy (non-hydrogen) atoms. The van der Waals surface area contributed by atoms with Crippen molar-refractivity contribution in [1.82, 2.24) is 15.5 Å². The summed E-state index contributed by atoms with van der Waals surface area (Å²) in [5.41, 5.74) is 0.933. The number of likely N-dealkylation sites (N-methyl/N-ethyl adjacent to an activating group) is 1. The van der Waals surface area contributed by atoms with Crippen molar-refractivity contribution in [2.75, 3.05) is 26.7 Å². The van der Waals surface area contributed by atoms with E-state index in [4.69, 9.17) is 0 Å². The summed E-state index contributed by atoms with van der Waals surface area (Å²) in [5.74, 6) is -0.152. The monoisotopic (exact) mass is 357 g/mol. The normalized spacial score (nSPS) is 16.9. The molecule has 0 spiro atoms. The van der Waals surface area contributed by atoms with Gasteiger partial charge in [-0.05, 0) is 36.6 Å². The number of amides is 1. The number of nitrogens with zero attached hydrogens (tertiary/aromatic N) is 1. The van der Waals surface area contributed by atoms with Crippen LogP contribution in [0.4, 0.5) is 4.39 Å². The van der Waals surface area contributed by atoms with E-state index in [1.807, 2.05) is 0 Å². The molecule has 4 nitrogen and oxygen atoms in total. The van der Waals surface area contributed by atoms with Gasteiger partial charge in [0.15, 0.2) is 0 Å². The molecule has 6 heteroatoms. The summed E-state index contributed by atoms with van der Waals surface area (Å²) in [4.78, 5) is 13.5. The fourth-order valence-corrected chi connectivity index (χ4v) is 2.90. The first-order valence-corrected chi connectivity index (χ1v) is 7.98. The van der Waals surface area contributed by atoms with Gasteiger partial charge in [-0.2, -0.15) is 0 Å². The van der Waals surface area contributed by atoms with Crippen LogP contribution in [0.25, 0.3) is 0 Å². The smallest absolute Gasteiger partial charge is 0.233 e. The number of carbonyl (C=O) groups is 1. The topological polar surface area (TPSA) is 44.4 Å². The summed E-state index contributed by atoms with van der Waals surface area (Å²) in [6.45, 7) is 2.95. The first kappa shape index (κ1) is 16.4. The molecule has 1 aromatic rings. The van der Waals surface area contributed by atoms with Crippen LogP contribution in [0.3, 0.4) is 0 Å². The molecule has 1 amide bonds. The van der Waals surface area contributed by atoms with Crippen LogP contribution in [0, 0.1) is 5.82 Å². The molecule has 0 unspecified atom stereocenters. The number of nitrogens with one attached hydrogen (secondary N) is 2. The van der Waals surface area contributed by atoms with Crippen molar-refractivity contribution in [2.45, 2.75) is 25.4 Å². The van der Waals surface area contributed by atoms with Gasteiger partial charge in [0.1, 0.15) is 5.82 Å². The lowest BCUT2D eigenvalue weighted by atomic mass is 10.0. The molecule has 0 aliphatic carbocycles. The summed E-state index contributed by atoms with van der Waals surface area (Å²) < 4.78 is 14.2. The summed E-state index contributed by atoms with van der Waals surface area (Å²) >= 11 is 3.44. The van der Waals surface area contributed by atoms with Crippen molar-refractivity contribution in [3.05, 3.63) is 34.1 Å². The molecule has 1 fully saturated rings. The third kappa shape index (κ3) is 5.05. The van der Waals surface area contributed by atoms with Gasteiger partial charge >= 0.3 is 0 Å². The number of hydrogen-bond acceptors (Lipinski definition) is 3. The highest BCUT2D eigenvalue weighted by Gasteiger charge is 2.20. The van der Waals surface area contributed by atoms with Crippen LogP contribution in [0.5, 0.6) is 0 Å². The SMILES string of the molecule is CNC(=O)CN1CCC(NCc2cc(F)ccc2Br)CC1. The highest BCUT2D eigenvalue weighted by molar-refractivity contribution is 9.10. The largest absolute Gasteiger partial charge is 0.358 e. The number of halogens is 2. The molecule has 0 saturated carbocycles. The molecule has 0 aromatic heterocycles. The van der Waals surface area contributed by atoms with E-state index in [1.165, 1.54) is 6.07 Å². The minimum Gasteiger partial charge on any atom is -0.358 e. The van der Waals surface area contributed by atoms with Crippen LogP contribution in [0.1, 0.15) is 18.4 Å². The molecule has 1 aromatic carbocycles. The predicted octanol–water partition coefficient (Wildman–Crippen LogP) is 1.89. The summed E-state index contributed by atoms with van der Waals surface area (Å²) in [6, 6.07) is 5.15. The van der Waals surface area contributed by atoms with Gasteiger partial charge in [-0.15, -0.1) is 0 Å². The van der Waals surface area contributed by atoms with Crippen LogP contribution in [-0.4, -0.2) is 43.5 Å². The van der Waals surface area contributed by atoms with Gasteiger partial charge in [-0.1, -0.05) is 15.9 Å². The van der Waals surface area contributed by atoms with Gasteiger partial charge in [-0.25, -0.2) is 4.39 Å². The summed E-state index contributed by atoms with van der Waals surface area (Å²) in [7, 11) is 1.66. The van der Waals surface area contributed by atoms with Crippen LogP contribution in [0.2, 0.25) is 0 Å². The number of hydrogen-bond donors (Lipinski definition) is 2. The molecule has 1 saturated heterocycles. The first-order chi connectivity index (χ1) is 10.1. The zero-order valence-electron chi connectivity index (χ0n) is 12.2. The minimum atomic E-state index is -0.213. The second-order valence-corrected chi connectivity index (χ2v) is 6.19. The molecule has 116 valence electrons. The van der Waals surface area contributed by atoms with E-state index in [2.05, 4.69) is 31.5 Å². The van der Waals surface area contributed by atoms with E-state index in [0.29, 0.717) is 19.1 Å². The summed E-state index contributed by atoms with van der Waals surface area (Å²) in [6.07, 6.45) is 2.01. The lowest BCUT2D eigenvalue weighted by molar-refractivity contribution is -0.122. The van der Waals surface area contributed by atoms with Crippen LogP contribution >= 0.6 is 15.9 Å².